The standard InChI is InChI=1S/C10H17N3O3S/c1-8-10(6-11-12-8)17(14,15)13(2)7-9-4-3-5-16-9/h6,9H,3-5,7H2,1-2H3,(H,11,12). The van der Waals surface area contributed by atoms with Gasteiger partial charge in [-0.05, 0) is 19.8 Å². The molecule has 1 unspecified atom stereocenters. The van der Waals surface area contributed by atoms with Gasteiger partial charge in [-0.15, -0.1) is 0 Å². The molecule has 0 bridgehead atoms. The lowest BCUT2D eigenvalue weighted by molar-refractivity contribution is 0.0979. The van der Waals surface area contributed by atoms with Crippen LogP contribution in [-0.2, 0) is 14.8 Å². The van der Waals surface area contributed by atoms with Gasteiger partial charge in [0.2, 0.25) is 10.0 Å². The summed E-state index contributed by atoms with van der Waals surface area (Å²) in [4.78, 5) is 0.234. The van der Waals surface area contributed by atoms with Crippen molar-refractivity contribution in [1.82, 2.24) is 14.5 Å². The first-order valence-corrected chi connectivity index (χ1v) is 7.03. The highest BCUT2D eigenvalue weighted by atomic mass is 32.2. The number of nitrogens with zero attached hydrogens (tertiary/aromatic N) is 2. The van der Waals surface area contributed by atoms with Gasteiger partial charge in [-0.3, -0.25) is 5.10 Å². The molecule has 0 saturated carbocycles. The highest BCUT2D eigenvalue weighted by Crippen LogP contribution is 2.19. The van der Waals surface area contributed by atoms with E-state index in [0.717, 1.165) is 19.4 Å². The minimum Gasteiger partial charge on any atom is -0.377 e. The van der Waals surface area contributed by atoms with E-state index in [0.29, 0.717) is 12.2 Å². The number of ether oxygens (including phenoxy) is 1. The Morgan fingerprint density at radius 1 is 1.65 bits per heavy atom. The number of hydrogen-bond acceptors (Lipinski definition) is 4. The summed E-state index contributed by atoms with van der Waals surface area (Å²) < 4.78 is 31.2. The Balaban J connectivity index is 2.12. The highest BCUT2D eigenvalue weighted by molar-refractivity contribution is 7.89. The minimum absolute atomic E-state index is 0.0157. The van der Waals surface area contributed by atoms with Crippen LogP contribution >= 0.6 is 0 Å². The summed E-state index contributed by atoms with van der Waals surface area (Å²) in [5.74, 6) is 0. The van der Waals surface area contributed by atoms with E-state index in [1.807, 2.05) is 0 Å². The van der Waals surface area contributed by atoms with Crippen LogP contribution in [0.1, 0.15) is 18.5 Å². The number of aryl methyl sites for hydroxylation is 1. The van der Waals surface area contributed by atoms with Crippen LogP contribution in [-0.4, -0.2) is 49.2 Å². The summed E-state index contributed by atoms with van der Waals surface area (Å²) in [6.45, 7) is 2.82. The highest BCUT2D eigenvalue weighted by Gasteiger charge is 2.27. The third kappa shape index (κ3) is 2.51. The van der Waals surface area contributed by atoms with Crippen molar-refractivity contribution in [1.29, 1.82) is 0 Å². The molecule has 1 N–H and O–H groups in total. The lowest BCUT2D eigenvalue weighted by Crippen LogP contribution is -2.34. The Morgan fingerprint density at radius 3 is 2.94 bits per heavy atom. The molecule has 2 heterocycles. The Labute approximate surface area is 101 Å². The summed E-state index contributed by atoms with van der Waals surface area (Å²) in [6, 6.07) is 0. The quantitative estimate of drug-likeness (QED) is 0.855. The van der Waals surface area contributed by atoms with E-state index in [4.69, 9.17) is 4.74 Å². The molecule has 1 aliphatic heterocycles. The van der Waals surface area contributed by atoms with Gasteiger partial charge in [0.15, 0.2) is 0 Å². The van der Waals surface area contributed by atoms with Crippen molar-refractivity contribution >= 4 is 10.0 Å². The lowest BCUT2D eigenvalue weighted by Gasteiger charge is -2.20. The van der Waals surface area contributed by atoms with Crippen LogP contribution in [0.3, 0.4) is 0 Å². The van der Waals surface area contributed by atoms with Crippen molar-refractivity contribution in [3.63, 3.8) is 0 Å². The second-order valence-electron chi connectivity index (χ2n) is 4.28. The van der Waals surface area contributed by atoms with Gasteiger partial charge in [0.05, 0.1) is 18.0 Å². The van der Waals surface area contributed by atoms with Gasteiger partial charge in [-0.25, -0.2) is 8.42 Å². The summed E-state index contributed by atoms with van der Waals surface area (Å²) in [5, 5.41) is 6.38. The van der Waals surface area contributed by atoms with Crippen molar-refractivity contribution in [2.45, 2.75) is 30.8 Å². The molecule has 2 rings (SSSR count). The summed E-state index contributed by atoms with van der Waals surface area (Å²) in [7, 11) is -1.88. The lowest BCUT2D eigenvalue weighted by atomic mass is 10.2. The topological polar surface area (TPSA) is 75.3 Å². The molecule has 1 aromatic heterocycles. The van der Waals surface area contributed by atoms with Gasteiger partial charge in [-0.2, -0.15) is 9.40 Å². The Hall–Kier alpha value is -0.920. The first kappa shape index (κ1) is 12.5. The van der Waals surface area contributed by atoms with E-state index in [1.54, 1.807) is 14.0 Å². The molecule has 1 aliphatic rings. The third-order valence-electron chi connectivity index (χ3n) is 2.96. The van der Waals surface area contributed by atoms with E-state index in [-0.39, 0.29) is 11.0 Å². The van der Waals surface area contributed by atoms with Crippen molar-refractivity contribution in [2.75, 3.05) is 20.2 Å². The predicted molar refractivity (Wildman–Crippen MR) is 62.1 cm³/mol. The van der Waals surface area contributed by atoms with Crippen LogP contribution < -0.4 is 0 Å². The van der Waals surface area contributed by atoms with E-state index in [9.17, 15) is 8.42 Å². The molecule has 0 spiro atoms. The maximum Gasteiger partial charge on any atom is 0.246 e. The number of hydrogen-bond donors (Lipinski definition) is 1. The first-order chi connectivity index (χ1) is 8.01. The van der Waals surface area contributed by atoms with E-state index in [2.05, 4.69) is 10.2 Å². The largest absolute Gasteiger partial charge is 0.377 e. The van der Waals surface area contributed by atoms with Gasteiger partial charge < -0.3 is 4.74 Å². The monoisotopic (exact) mass is 259 g/mol. The van der Waals surface area contributed by atoms with Gasteiger partial charge in [-0.1, -0.05) is 0 Å². The first-order valence-electron chi connectivity index (χ1n) is 5.59. The Bertz CT molecular complexity index is 477. The fraction of sp³-hybridized carbons (Fsp3) is 0.700. The van der Waals surface area contributed by atoms with Crippen molar-refractivity contribution in [3.8, 4) is 0 Å². The van der Waals surface area contributed by atoms with Crippen LogP contribution in [0, 0.1) is 6.92 Å². The van der Waals surface area contributed by atoms with E-state index in [1.165, 1.54) is 10.5 Å². The molecule has 0 aliphatic carbocycles. The molecule has 1 saturated heterocycles. The zero-order chi connectivity index (χ0) is 12.5. The van der Waals surface area contributed by atoms with E-state index >= 15 is 0 Å². The molecule has 96 valence electrons. The van der Waals surface area contributed by atoms with Gasteiger partial charge in [0, 0.05) is 20.2 Å². The molecule has 1 aromatic rings. The van der Waals surface area contributed by atoms with E-state index < -0.39 is 10.0 Å². The van der Waals surface area contributed by atoms with Crippen molar-refractivity contribution in [2.24, 2.45) is 0 Å². The summed E-state index contributed by atoms with van der Waals surface area (Å²) in [6.07, 6.45) is 3.28. The van der Waals surface area contributed by atoms with Crippen LogP contribution in [0.2, 0.25) is 0 Å². The van der Waals surface area contributed by atoms with Crippen LogP contribution in [0.5, 0.6) is 0 Å². The fourth-order valence-electron chi connectivity index (χ4n) is 1.94. The second kappa shape index (κ2) is 4.75. The molecule has 17 heavy (non-hydrogen) atoms. The van der Waals surface area contributed by atoms with Gasteiger partial charge in [0.1, 0.15) is 4.90 Å². The van der Waals surface area contributed by atoms with Crippen LogP contribution in [0.25, 0.3) is 0 Å². The molecular formula is C10H17N3O3S. The molecule has 6 nitrogen and oxygen atoms in total. The molecule has 0 amide bonds. The van der Waals surface area contributed by atoms with Gasteiger partial charge in [0.25, 0.3) is 0 Å². The SMILES string of the molecule is Cc1[nH]ncc1S(=O)(=O)N(C)CC1CCCO1. The zero-order valence-electron chi connectivity index (χ0n) is 10.0. The maximum atomic E-state index is 12.2. The molecule has 1 fully saturated rings. The minimum atomic E-state index is -3.45. The number of H-pyrrole nitrogens is 1. The molecule has 0 aromatic carbocycles. The average molecular weight is 259 g/mol. The number of likely N-dealkylation sites (N-methyl/N-ethyl adjacent to an activating group) is 1. The van der Waals surface area contributed by atoms with Crippen molar-refractivity contribution < 1.29 is 13.2 Å². The molecule has 0 radical (unpaired) electrons. The smallest absolute Gasteiger partial charge is 0.246 e. The Kier molecular flexibility index (Phi) is 3.50. The zero-order valence-corrected chi connectivity index (χ0v) is 10.8. The van der Waals surface area contributed by atoms with Crippen LogP contribution in [0.4, 0.5) is 0 Å². The third-order valence-corrected chi connectivity index (χ3v) is 4.89. The summed E-state index contributed by atoms with van der Waals surface area (Å²) in [5.41, 5.74) is 0.559. The molecule has 7 heteroatoms. The maximum absolute atomic E-state index is 12.2. The fourth-order valence-corrected chi connectivity index (χ4v) is 3.26. The van der Waals surface area contributed by atoms with Crippen molar-refractivity contribution in [3.05, 3.63) is 11.9 Å². The average Bonchev–Trinajstić information content (AvgIpc) is 2.89. The number of aromatic nitrogens is 2. The molecular weight excluding hydrogens is 242 g/mol. The normalized spacial score (nSPS) is 21.2. The van der Waals surface area contributed by atoms with Crippen LogP contribution in [0.15, 0.2) is 11.1 Å². The Morgan fingerprint density at radius 2 is 2.41 bits per heavy atom. The number of aromatic amines is 1. The second-order valence-corrected chi connectivity index (χ2v) is 6.29. The summed E-state index contributed by atoms with van der Waals surface area (Å²) >= 11 is 0. The number of rotatable bonds is 4. The predicted octanol–water partition coefficient (Wildman–Crippen LogP) is 0.518. The van der Waals surface area contributed by atoms with Gasteiger partial charge >= 0.3 is 0 Å². The number of sulfonamides is 1. The number of nitrogens with one attached hydrogen (secondary N) is 1. The molecule has 1 atom stereocenters.